The number of likely N-dealkylation sites (tertiary alicyclic amines) is 1. The Balaban J connectivity index is 0.00000380. The van der Waals surface area contributed by atoms with Crippen molar-refractivity contribution in [2.24, 2.45) is 5.73 Å². The smallest absolute Gasteiger partial charge is 0.335 e. The molecule has 0 saturated carbocycles. The number of carbonyl (C=O) groups excluding carboxylic acids is 2. The minimum Gasteiger partial charge on any atom is -0.335 e. The molecule has 0 unspecified atom stereocenters. The maximum absolute atomic E-state index is 13.9. The Kier molecular flexibility index (Phi) is 8.42. The molecule has 0 spiro atoms. The summed E-state index contributed by atoms with van der Waals surface area (Å²) in [5.41, 5.74) is 5.05. The predicted molar refractivity (Wildman–Crippen MR) is 118 cm³/mol. The maximum atomic E-state index is 13.9. The molecule has 37 heavy (non-hydrogen) atoms. The highest BCUT2D eigenvalue weighted by atomic mass is 35.5. The summed E-state index contributed by atoms with van der Waals surface area (Å²) in [5, 5.41) is 0. The fraction of sp³-hybridized carbons (Fsp3) is 0.500. The molecule has 1 aromatic carbocycles. The average molecular weight is 558 g/mol. The summed E-state index contributed by atoms with van der Waals surface area (Å²) >= 11 is 0. The van der Waals surface area contributed by atoms with Crippen LogP contribution in [0.25, 0.3) is 0 Å². The van der Waals surface area contributed by atoms with Crippen molar-refractivity contribution < 1.29 is 40.3 Å². The van der Waals surface area contributed by atoms with Gasteiger partial charge in [0.25, 0.3) is 5.91 Å². The van der Waals surface area contributed by atoms with E-state index in [1.807, 2.05) is 0 Å². The van der Waals surface area contributed by atoms with Crippen molar-refractivity contribution >= 4 is 24.2 Å². The van der Waals surface area contributed by atoms with Crippen molar-refractivity contribution in [3.8, 4) is 0 Å². The molecule has 204 valence electrons. The van der Waals surface area contributed by atoms with Gasteiger partial charge in [-0.15, -0.1) is 12.4 Å². The zero-order valence-corrected chi connectivity index (χ0v) is 20.0. The van der Waals surface area contributed by atoms with Crippen LogP contribution in [-0.2, 0) is 30.5 Å². The summed E-state index contributed by atoms with van der Waals surface area (Å²) in [6.07, 6.45) is -6.73. The number of imidazole rings is 1. The van der Waals surface area contributed by atoms with Gasteiger partial charge >= 0.3 is 6.18 Å². The number of alkyl halides is 4. The minimum atomic E-state index is -4.86. The lowest BCUT2D eigenvalue weighted by atomic mass is 10.0. The van der Waals surface area contributed by atoms with Gasteiger partial charge in [-0.05, 0) is 24.5 Å². The molecule has 1 fully saturated rings. The van der Waals surface area contributed by atoms with Crippen molar-refractivity contribution in [1.29, 1.82) is 0 Å². The van der Waals surface area contributed by atoms with Crippen LogP contribution in [0.5, 0.6) is 0 Å². The van der Waals surface area contributed by atoms with Crippen LogP contribution in [0.2, 0.25) is 0 Å². The first-order valence-corrected chi connectivity index (χ1v) is 11.1. The standard InChI is InChI=1S/C22H22F7N5O2.ClH/c23-12-1-2-33(9-12)20(36)19-17-10-32(3-4-34(17)21(31-19)22(27,28)29)18(35)7-13(30)5-11-6-15(25)16(26)8-14(11)24;/h6,8,12-13H,1-5,7,9-10,30H2;1H/t12-,13+;/m0./s1. The molecule has 2 aromatic rings. The number of rotatable bonds is 5. The molecule has 0 aliphatic carbocycles. The molecule has 3 heterocycles. The number of hydrogen-bond donors (Lipinski definition) is 1. The van der Waals surface area contributed by atoms with E-state index >= 15 is 0 Å². The van der Waals surface area contributed by atoms with Crippen LogP contribution < -0.4 is 5.73 Å². The Morgan fingerprint density at radius 1 is 1.05 bits per heavy atom. The van der Waals surface area contributed by atoms with E-state index in [1.54, 1.807) is 0 Å². The maximum Gasteiger partial charge on any atom is 0.449 e. The number of carbonyl (C=O) groups is 2. The van der Waals surface area contributed by atoms with Crippen LogP contribution in [0, 0.1) is 17.5 Å². The van der Waals surface area contributed by atoms with Gasteiger partial charge in [0.15, 0.2) is 17.3 Å². The highest BCUT2D eigenvalue weighted by Crippen LogP contribution is 2.33. The van der Waals surface area contributed by atoms with E-state index in [0.717, 1.165) is 9.47 Å². The van der Waals surface area contributed by atoms with Gasteiger partial charge in [0.1, 0.15) is 12.0 Å². The molecule has 7 nitrogen and oxygen atoms in total. The zero-order chi connectivity index (χ0) is 26.4. The molecule has 2 aliphatic heterocycles. The number of benzene rings is 1. The van der Waals surface area contributed by atoms with Gasteiger partial charge in [-0.3, -0.25) is 9.59 Å². The molecule has 2 N–H and O–H groups in total. The Bertz CT molecular complexity index is 1190. The summed E-state index contributed by atoms with van der Waals surface area (Å²) in [4.78, 5) is 31.5. The third kappa shape index (κ3) is 6.00. The summed E-state index contributed by atoms with van der Waals surface area (Å²) in [6.45, 7) is -1.03. The highest BCUT2D eigenvalue weighted by molar-refractivity contribution is 5.94. The fourth-order valence-electron chi connectivity index (χ4n) is 4.45. The molecule has 0 radical (unpaired) electrons. The van der Waals surface area contributed by atoms with Gasteiger partial charge in [-0.25, -0.2) is 22.5 Å². The number of amides is 2. The Hall–Kier alpha value is -2.87. The van der Waals surface area contributed by atoms with Crippen molar-refractivity contribution in [2.45, 2.75) is 50.7 Å². The predicted octanol–water partition coefficient (Wildman–Crippen LogP) is 3.23. The number of halogens is 8. The quantitative estimate of drug-likeness (QED) is 0.452. The highest BCUT2D eigenvalue weighted by Gasteiger charge is 2.43. The van der Waals surface area contributed by atoms with Gasteiger partial charge < -0.3 is 20.1 Å². The van der Waals surface area contributed by atoms with Crippen molar-refractivity contribution in [3.05, 3.63) is 52.4 Å². The Labute approximate surface area is 212 Å². The Morgan fingerprint density at radius 3 is 2.35 bits per heavy atom. The van der Waals surface area contributed by atoms with E-state index in [1.165, 1.54) is 4.90 Å². The lowest BCUT2D eigenvalue weighted by Gasteiger charge is -2.30. The molecule has 4 rings (SSSR count). The van der Waals surface area contributed by atoms with Crippen LogP contribution in [0.3, 0.4) is 0 Å². The molecule has 2 amide bonds. The first-order valence-electron chi connectivity index (χ1n) is 11.1. The lowest BCUT2D eigenvalue weighted by Crippen LogP contribution is -2.42. The second kappa shape index (κ2) is 10.9. The zero-order valence-electron chi connectivity index (χ0n) is 19.2. The van der Waals surface area contributed by atoms with E-state index in [9.17, 15) is 40.3 Å². The largest absolute Gasteiger partial charge is 0.449 e. The number of hydrogen-bond acceptors (Lipinski definition) is 4. The third-order valence-corrected chi connectivity index (χ3v) is 6.24. The first kappa shape index (κ1) is 28.7. The Morgan fingerprint density at radius 2 is 1.73 bits per heavy atom. The third-order valence-electron chi connectivity index (χ3n) is 6.24. The average Bonchev–Trinajstić information content (AvgIpc) is 3.40. The minimum absolute atomic E-state index is 0. The summed E-state index contributed by atoms with van der Waals surface area (Å²) in [5.74, 6) is -6.40. The fourth-order valence-corrected chi connectivity index (χ4v) is 4.45. The first-order chi connectivity index (χ1) is 16.8. The second-order valence-electron chi connectivity index (χ2n) is 8.86. The number of fused-ring (bicyclic) bond motifs is 1. The van der Waals surface area contributed by atoms with E-state index in [0.29, 0.717) is 12.1 Å². The molecule has 1 saturated heterocycles. The van der Waals surface area contributed by atoms with Gasteiger partial charge in [0, 0.05) is 38.2 Å². The summed E-state index contributed by atoms with van der Waals surface area (Å²) < 4.78 is 95.6. The number of nitrogens with two attached hydrogens (primary N) is 1. The van der Waals surface area contributed by atoms with E-state index in [2.05, 4.69) is 4.98 Å². The summed E-state index contributed by atoms with van der Waals surface area (Å²) in [6, 6.07) is 0.0140. The van der Waals surface area contributed by atoms with Gasteiger partial charge in [0.2, 0.25) is 11.7 Å². The molecule has 2 aliphatic rings. The topological polar surface area (TPSA) is 84.5 Å². The molecule has 15 heteroatoms. The van der Waals surface area contributed by atoms with Crippen LogP contribution >= 0.6 is 12.4 Å². The molecular formula is C22H23ClF7N5O2. The molecular weight excluding hydrogens is 535 g/mol. The lowest BCUT2D eigenvalue weighted by molar-refractivity contribution is -0.148. The van der Waals surface area contributed by atoms with E-state index < -0.39 is 59.2 Å². The SMILES string of the molecule is Cl.N[C@@H](CC(=O)N1CCn2c(C(F)(F)F)nc(C(=O)N3CC[C@H](F)C3)c2C1)Cc1cc(F)c(F)cc1F. The van der Waals surface area contributed by atoms with Gasteiger partial charge in [-0.1, -0.05) is 0 Å². The van der Waals surface area contributed by atoms with Gasteiger partial charge in [-0.2, -0.15) is 13.2 Å². The van der Waals surface area contributed by atoms with Crippen LogP contribution in [0.1, 0.15) is 40.4 Å². The van der Waals surface area contributed by atoms with Crippen LogP contribution in [-0.4, -0.2) is 63.0 Å². The van der Waals surface area contributed by atoms with Crippen molar-refractivity contribution in [1.82, 2.24) is 19.4 Å². The van der Waals surface area contributed by atoms with Crippen LogP contribution in [0.4, 0.5) is 30.7 Å². The van der Waals surface area contributed by atoms with Crippen molar-refractivity contribution in [3.63, 3.8) is 0 Å². The van der Waals surface area contributed by atoms with E-state index in [4.69, 9.17) is 5.73 Å². The number of nitrogens with zero attached hydrogens (tertiary/aromatic N) is 4. The molecule has 0 bridgehead atoms. The van der Waals surface area contributed by atoms with E-state index in [-0.39, 0.29) is 75.7 Å². The van der Waals surface area contributed by atoms with Crippen molar-refractivity contribution in [2.75, 3.05) is 19.6 Å². The molecule has 2 atom stereocenters. The van der Waals surface area contributed by atoms with Crippen LogP contribution in [0.15, 0.2) is 12.1 Å². The number of aromatic nitrogens is 2. The monoisotopic (exact) mass is 557 g/mol. The summed E-state index contributed by atoms with van der Waals surface area (Å²) in [7, 11) is 0. The van der Waals surface area contributed by atoms with Gasteiger partial charge in [0.05, 0.1) is 18.8 Å². The normalized spacial score (nSPS) is 18.4. The second-order valence-corrected chi connectivity index (χ2v) is 8.86. The molecule has 1 aromatic heterocycles.